The van der Waals surface area contributed by atoms with Gasteiger partial charge in [0.05, 0.1) is 25.7 Å². The first-order valence-corrected chi connectivity index (χ1v) is 10.9. The summed E-state index contributed by atoms with van der Waals surface area (Å²) in [5.41, 5.74) is 8.48. The summed E-state index contributed by atoms with van der Waals surface area (Å²) in [5.74, 6) is 1.84. The predicted octanol–water partition coefficient (Wildman–Crippen LogP) is 4.55. The molecule has 0 bridgehead atoms. The van der Waals surface area contributed by atoms with Crippen molar-refractivity contribution in [3.05, 3.63) is 58.3 Å². The number of aryl methyl sites for hydroxylation is 2. The molecule has 2 heterocycles. The quantitative estimate of drug-likeness (QED) is 0.380. The molecule has 0 fully saturated rings. The molecule has 4 rings (SSSR count). The zero-order valence-corrected chi connectivity index (χ0v) is 19.2. The SMILES string of the molecule is COc1ccc(OC)c(Sc2nc3c([nH]2)c(N)nc[n+]3CCc2ccc(Cl)cc2Cl)c1. The van der Waals surface area contributed by atoms with E-state index < -0.39 is 0 Å². The second-order valence-electron chi connectivity index (χ2n) is 6.67. The highest BCUT2D eigenvalue weighted by atomic mass is 35.5. The first kappa shape index (κ1) is 21.5. The maximum absolute atomic E-state index is 6.31. The van der Waals surface area contributed by atoms with Crippen LogP contribution >= 0.6 is 35.0 Å². The summed E-state index contributed by atoms with van der Waals surface area (Å²) < 4.78 is 12.7. The lowest BCUT2D eigenvalue weighted by Gasteiger charge is -2.07. The number of anilines is 1. The van der Waals surface area contributed by atoms with E-state index in [2.05, 4.69) is 9.97 Å². The molecule has 0 aliphatic carbocycles. The number of imidazole rings is 1. The second kappa shape index (κ2) is 9.21. The van der Waals surface area contributed by atoms with Crippen LogP contribution in [0.15, 0.2) is 52.8 Å². The van der Waals surface area contributed by atoms with Crippen molar-refractivity contribution < 1.29 is 14.0 Å². The van der Waals surface area contributed by atoms with Gasteiger partial charge >= 0.3 is 0 Å². The summed E-state index contributed by atoms with van der Waals surface area (Å²) >= 11 is 13.7. The van der Waals surface area contributed by atoms with Crippen LogP contribution in [-0.4, -0.2) is 29.2 Å². The highest BCUT2D eigenvalue weighted by Crippen LogP contribution is 2.36. The highest BCUT2D eigenvalue weighted by molar-refractivity contribution is 7.99. The summed E-state index contributed by atoms with van der Waals surface area (Å²) in [4.78, 5) is 13.2. The summed E-state index contributed by atoms with van der Waals surface area (Å²) in [5, 5.41) is 1.91. The minimum absolute atomic E-state index is 0.382. The lowest BCUT2D eigenvalue weighted by Crippen LogP contribution is -2.36. The molecule has 3 N–H and O–H groups in total. The van der Waals surface area contributed by atoms with E-state index in [-0.39, 0.29) is 0 Å². The Morgan fingerprint density at radius 2 is 1.97 bits per heavy atom. The van der Waals surface area contributed by atoms with Gasteiger partial charge in [-0.3, -0.25) is 0 Å². The first-order chi connectivity index (χ1) is 15.0. The number of nitrogens with one attached hydrogen (secondary N) is 1. The molecule has 10 heteroatoms. The zero-order chi connectivity index (χ0) is 22.0. The predicted molar refractivity (Wildman–Crippen MR) is 122 cm³/mol. The number of halogens is 2. The average Bonchev–Trinajstić information content (AvgIpc) is 3.19. The number of rotatable bonds is 7. The number of hydrogen-bond acceptors (Lipinski definition) is 6. The number of nitrogen functional groups attached to an aromatic ring is 1. The van der Waals surface area contributed by atoms with Gasteiger partial charge in [-0.1, -0.05) is 39.2 Å². The van der Waals surface area contributed by atoms with Crippen LogP contribution in [0.5, 0.6) is 11.5 Å². The van der Waals surface area contributed by atoms with Crippen molar-refractivity contribution in [2.24, 2.45) is 0 Å². The van der Waals surface area contributed by atoms with E-state index in [0.717, 1.165) is 22.0 Å². The third-order valence-corrected chi connectivity index (χ3v) is 6.25. The lowest BCUT2D eigenvalue weighted by atomic mass is 10.1. The van der Waals surface area contributed by atoms with Crippen LogP contribution in [-0.2, 0) is 13.0 Å². The molecule has 2 aromatic heterocycles. The highest BCUT2D eigenvalue weighted by Gasteiger charge is 2.20. The zero-order valence-electron chi connectivity index (χ0n) is 16.9. The summed E-state index contributed by atoms with van der Waals surface area (Å²) in [6.07, 6.45) is 2.38. The van der Waals surface area contributed by atoms with E-state index in [1.807, 2.05) is 34.9 Å². The Hall–Kier alpha value is -2.68. The fourth-order valence-electron chi connectivity index (χ4n) is 3.13. The standard InChI is InChI=1S/C21H19Cl2N5O2S/c1-29-14-5-6-16(30-2)17(10-14)31-21-26-18-19(24)25-11-28(20(18)27-21)8-7-12-3-4-13(22)9-15(12)23/h3-6,9-11H,7-8H2,1-2H3,(H2,24,26,27)/p+1. The van der Waals surface area contributed by atoms with Crippen molar-refractivity contribution in [1.29, 1.82) is 0 Å². The van der Waals surface area contributed by atoms with Gasteiger partial charge in [0.1, 0.15) is 11.5 Å². The Morgan fingerprint density at radius 1 is 1.13 bits per heavy atom. The van der Waals surface area contributed by atoms with Crippen LogP contribution in [0.4, 0.5) is 5.82 Å². The number of aromatic amines is 1. The normalized spacial score (nSPS) is 11.1. The molecule has 0 saturated heterocycles. The van der Waals surface area contributed by atoms with Crippen LogP contribution in [0.25, 0.3) is 11.2 Å². The average molecular weight is 477 g/mol. The molecule has 160 valence electrons. The van der Waals surface area contributed by atoms with Gasteiger partial charge in [0.25, 0.3) is 5.65 Å². The van der Waals surface area contributed by atoms with E-state index in [0.29, 0.717) is 45.1 Å². The maximum atomic E-state index is 6.31. The van der Waals surface area contributed by atoms with E-state index in [1.165, 1.54) is 11.8 Å². The van der Waals surface area contributed by atoms with Crippen molar-refractivity contribution in [3.8, 4) is 11.5 Å². The third kappa shape index (κ3) is 4.66. The monoisotopic (exact) mass is 476 g/mol. The van der Waals surface area contributed by atoms with Crippen LogP contribution in [0, 0.1) is 0 Å². The van der Waals surface area contributed by atoms with Gasteiger partial charge in [-0.25, -0.2) is 4.57 Å². The number of benzene rings is 2. The van der Waals surface area contributed by atoms with E-state index in [9.17, 15) is 0 Å². The fraction of sp³-hybridized carbons (Fsp3) is 0.190. The summed E-state index contributed by atoms with van der Waals surface area (Å²) in [7, 11) is 3.25. The van der Waals surface area contributed by atoms with Crippen LogP contribution in [0.2, 0.25) is 10.0 Å². The topological polar surface area (TPSA) is 89.9 Å². The Labute approximate surface area is 193 Å². The van der Waals surface area contributed by atoms with Crippen molar-refractivity contribution in [2.75, 3.05) is 20.0 Å². The molecule has 0 unspecified atom stereocenters. The third-order valence-electron chi connectivity index (χ3n) is 4.74. The second-order valence-corrected chi connectivity index (χ2v) is 8.54. The molecule has 7 nitrogen and oxygen atoms in total. The first-order valence-electron chi connectivity index (χ1n) is 9.36. The Morgan fingerprint density at radius 3 is 2.71 bits per heavy atom. The molecular weight excluding hydrogens is 457 g/mol. The Kier molecular flexibility index (Phi) is 6.41. The van der Waals surface area contributed by atoms with E-state index in [1.54, 1.807) is 26.6 Å². The van der Waals surface area contributed by atoms with Crippen molar-refractivity contribution in [3.63, 3.8) is 0 Å². The van der Waals surface area contributed by atoms with Gasteiger partial charge in [0.2, 0.25) is 17.3 Å². The molecule has 0 spiro atoms. The number of hydrogen-bond donors (Lipinski definition) is 2. The molecule has 0 radical (unpaired) electrons. The van der Waals surface area contributed by atoms with Crippen LogP contribution in [0.3, 0.4) is 0 Å². The number of ether oxygens (including phenoxy) is 2. The summed E-state index contributed by atoms with van der Waals surface area (Å²) in [6.45, 7) is 0.628. The molecular formula is C21H20Cl2N5O2S+. The molecule has 0 amide bonds. The number of H-pyrrole nitrogens is 1. The van der Waals surface area contributed by atoms with Gasteiger partial charge in [-0.05, 0) is 47.7 Å². The van der Waals surface area contributed by atoms with Crippen LogP contribution in [0.1, 0.15) is 5.56 Å². The Balaban J connectivity index is 1.64. The van der Waals surface area contributed by atoms with Gasteiger partial charge in [0.15, 0.2) is 5.52 Å². The number of fused-ring (bicyclic) bond motifs is 1. The number of aromatic nitrogens is 4. The van der Waals surface area contributed by atoms with Gasteiger partial charge in [-0.15, -0.1) is 0 Å². The molecule has 2 aromatic carbocycles. The number of nitrogens with two attached hydrogens (primary N) is 1. The largest absolute Gasteiger partial charge is 0.497 e. The molecule has 4 aromatic rings. The summed E-state index contributed by atoms with van der Waals surface area (Å²) in [6, 6.07) is 11.1. The van der Waals surface area contributed by atoms with Crippen molar-refractivity contribution >= 4 is 51.9 Å². The van der Waals surface area contributed by atoms with Gasteiger partial charge in [-0.2, -0.15) is 0 Å². The molecule has 0 aliphatic heterocycles. The minimum atomic E-state index is 0.382. The fourth-order valence-corrected chi connectivity index (χ4v) is 4.55. The molecule has 31 heavy (non-hydrogen) atoms. The lowest BCUT2D eigenvalue weighted by molar-refractivity contribution is -0.675. The van der Waals surface area contributed by atoms with Gasteiger partial charge < -0.3 is 20.2 Å². The number of nitrogens with zero attached hydrogens (tertiary/aromatic N) is 3. The van der Waals surface area contributed by atoms with Crippen molar-refractivity contribution in [1.82, 2.24) is 15.0 Å². The van der Waals surface area contributed by atoms with Crippen LogP contribution < -0.4 is 19.8 Å². The van der Waals surface area contributed by atoms with Crippen molar-refractivity contribution in [2.45, 2.75) is 23.0 Å². The minimum Gasteiger partial charge on any atom is -0.497 e. The van der Waals surface area contributed by atoms with E-state index in [4.69, 9.17) is 43.4 Å². The number of methoxy groups -OCH3 is 2. The molecule has 0 saturated carbocycles. The molecule has 0 aliphatic rings. The van der Waals surface area contributed by atoms with Gasteiger partial charge in [0, 0.05) is 16.5 Å². The van der Waals surface area contributed by atoms with E-state index >= 15 is 0 Å². The molecule has 0 atom stereocenters. The maximum Gasteiger partial charge on any atom is 0.294 e. The Bertz CT molecular complexity index is 1250. The smallest absolute Gasteiger partial charge is 0.294 e.